The van der Waals surface area contributed by atoms with Crippen LogP contribution in [0.5, 0.6) is 0 Å². The fourth-order valence-electron chi connectivity index (χ4n) is 3.79. The monoisotopic (exact) mass is 402 g/mol. The van der Waals surface area contributed by atoms with E-state index in [9.17, 15) is 18.8 Å². The first kappa shape index (κ1) is 18.5. The topological polar surface area (TPSA) is 91.4 Å². The summed E-state index contributed by atoms with van der Waals surface area (Å²) in [5.74, 6) is -1.18. The first-order valence-electron chi connectivity index (χ1n) is 9.07. The average Bonchev–Trinajstić information content (AvgIpc) is 3.37. The number of nitrogens with zero attached hydrogens (tertiary/aromatic N) is 2. The van der Waals surface area contributed by atoms with Gasteiger partial charge < -0.3 is 10.6 Å². The maximum Gasteiger partial charge on any atom is 0.325 e. The van der Waals surface area contributed by atoms with Gasteiger partial charge in [0.25, 0.3) is 5.91 Å². The molecular weight excluding hydrogens is 383 g/mol. The number of nitrogens with one attached hydrogen (secondary N) is 2. The Morgan fingerprint density at radius 2 is 1.96 bits per heavy atom. The van der Waals surface area contributed by atoms with Crippen molar-refractivity contribution in [3.63, 3.8) is 0 Å². The second kappa shape index (κ2) is 6.97. The Hall–Kier alpha value is -2.81. The van der Waals surface area contributed by atoms with Crippen LogP contribution in [0.3, 0.4) is 0 Å². The minimum Gasteiger partial charge on any atom is -0.323 e. The van der Waals surface area contributed by atoms with Crippen molar-refractivity contribution in [1.29, 1.82) is 0 Å². The third-order valence-electron chi connectivity index (χ3n) is 5.34. The number of urea groups is 1. The van der Waals surface area contributed by atoms with Crippen LogP contribution in [0.4, 0.5) is 14.2 Å². The summed E-state index contributed by atoms with van der Waals surface area (Å²) in [7, 11) is 0. The van der Waals surface area contributed by atoms with Crippen molar-refractivity contribution >= 4 is 34.2 Å². The van der Waals surface area contributed by atoms with E-state index < -0.39 is 23.5 Å². The SMILES string of the molecule is CC(C(=O)Nc1scnc1-c1ccc(F)cc1)N1C(=O)NC2(CCCC2)C1=O. The van der Waals surface area contributed by atoms with Gasteiger partial charge in [0.1, 0.15) is 28.1 Å². The van der Waals surface area contributed by atoms with Gasteiger partial charge >= 0.3 is 6.03 Å². The first-order valence-corrected chi connectivity index (χ1v) is 9.95. The molecule has 28 heavy (non-hydrogen) atoms. The van der Waals surface area contributed by atoms with Gasteiger partial charge in [-0.15, -0.1) is 11.3 Å². The molecule has 1 aromatic carbocycles. The van der Waals surface area contributed by atoms with E-state index in [1.54, 1.807) is 17.6 Å². The van der Waals surface area contributed by atoms with Crippen LogP contribution < -0.4 is 10.6 Å². The lowest BCUT2D eigenvalue weighted by atomic mass is 9.97. The molecule has 1 saturated heterocycles. The van der Waals surface area contributed by atoms with Gasteiger partial charge in [-0.3, -0.25) is 9.59 Å². The highest BCUT2D eigenvalue weighted by atomic mass is 32.1. The molecule has 0 radical (unpaired) electrons. The minimum absolute atomic E-state index is 0.333. The van der Waals surface area contributed by atoms with Gasteiger partial charge in [0, 0.05) is 5.56 Å². The number of hydrogen-bond acceptors (Lipinski definition) is 5. The lowest BCUT2D eigenvalue weighted by molar-refractivity contribution is -0.136. The molecule has 2 aromatic rings. The first-order chi connectivity index (χ1) is 13.4. The molecule has 4 rings (SSSR count). The summed E-state index contributed by atoms with van der Waals surface area (Å²) in [6.07, 6.45) is 2.96. The molecule has 2 N–H and O–H groups in total. The zero-order valence-electron chi connectivity index (χ0n) is 15.2. The largest absolute Gasteiger partial charge is 0.325 e. The summed E-state index contributed by atoms with van der Waals surface area (Å²) in [5.41, 5.74) is 1.88. The number of carbonyl (C=O) groups is 3. The molecule has 2 aliphatic rings. The Morgan fingerprint density at radius 1 is 1.29 bits per heavy atom. The number of amides is 4. The van der Waals surface area contributed by atoms with Gasteiger partial charge in [-0.05, 0) is 44.0 Å². The van der Waals surface area contributed by atoms with Crippen molar-refractivity contribution in [3.05, 3.63) is 35.6 Å². The number of anilines is 1. The Morgan fingerprint density at radius 3 is 2.64 bits per heavy atom. The van der Waals surface area contributed by atoms with Gasteiger partial charge in [-0.1, -0.05) is 12.8 Å². The maximum absolute atomic E-state index is 13.2. The highest BCUT2D eigenvalue weighted by Gasteiger charge is 2.54. The summed E-state index contributed by atoms with van der Waals surface area (Å²) < 4.78 is 13.2. The van der Waals surface area contributed by atoms with E-state index in [4.69, 9.17) is 0 Å². The van der Waals surface area contributed by atoms with E-state index in [0.717, 1.165) is 17.7 Å². The minimum atomic E-state index is -0.962. The van der Waals surface area contributed by atoms with Crippen LogP contribution in [0, 0.1) is 5.82 Å². The molecule has 9 heteroatoms. The molecule has 2 fully saturated rings. The summed E-state index contributed by atoms with van der Waals surface area (Å²) in [5, 5.41) is 6.01. The average molecular weight is 402 g/mol. The zero-order valence-corrected chi connectivity index (χ0v) is 16.0. The molecule has 1 spiro atoms. The Kier molecular flexibility index (Phi) is 4.62. The van der Waals surface area contributed by atoms with Crippen molar-refractivity contribution in [3.8, 4) is 11.3 Å². The number of imide groups is 1. The molecule has 1 unspecified atom stereocenters. The van der Waals surface area contributed by atoms with E-state index in [2.05, 4.69) is 15.6 Å². The van der Waals surface area contributed by atoms with E-state index in [1.165, 1.54) is 30.4 Å². The van der Waals surface area contributed by atoms with Gasteiger partial charge in [0.15, 0.2) is 0 Å². The van der Waals surface area contributed by atoms with Crippen LogP contribution >= 0.6 is 11.3 Å². The smallest absolute Gasteiger partial charge is 0.323 e. The number of rotatable bonds is 4. The van der Waals surface area contributed by atoms with Gasteiger partial charge in [-0.25, -0.2) is 19.1 Å². The van der Waals surface area contributed by atoms with E-state index in [1.807, 2.05) is 0 Å². The van der Waals surface area contributed by atoms with Crippen molar-refractivity contribution in [2.75, 3.05) is 5.32 Å². The fourth-order valence-corrected chi connectivity index (χ4v) is 4.50. The molecule has 1 saturated carbocycles. The van der Waals surface area contributed by atoms with E-state index in [-0.39, 0.29) is 11.7 Å². The number of aromatic nitrogens is 1. The zero-order chi connectivity index (χ0) is 19.9. The highest BCUT2D eigenvalue weighted by molar-refractivity contribution is 7.14. The van der Waals surface area contributed by atoms with Crippen LogP contribution in [0.1, 0.15) is 32.6 Å². The molecule has 0 bridgehead atoms. The number of carbonyl (C=O) groups excluding carboxylic acids is 3. The highest BCUT2D eigenvalue weighted by Crippen LogP contribution is 2.36. The molecule has 2 heterocycles. The maximum atomic E-state index is 13.2. The number of halogens is 1. The van der Waals surface area contributed by atoms with Crippen LogP contribution in [-0.2, 0) is 9.59 Å². The van der Waals surface area contributed by atoms with Crippen molar-refractivity contribution in [1.82, 2.24) is 15.2 Å². The van der Waals surface area contributed by atoms with Crippen LogP contribution in [-0.4, -0.2) is 39.3 Å². The Labute approximate surface area is 164 Å². The predicted octanol–water partition coefficient (Wildman–Crippen LogP) is 3.14. The second-order valence-electron chi connectivity index (χ2n) is 7.10. The summed E-state index contributed by atoms with van der Waals surface area (Å²) >= 11 is 1.22. The summed E-state index contributed by atoms with van der Waals surface area (Å²) in [6.45, 7) is 1.53. The number of hydrogen-bond donors (Lipinski definition) is 2. The number of thiazole rings is 1. The fraction of sp³-hybridized carbons (Fsp3) is 0.368. The Balaban J connectivity index is 1.52. The van der Waals surface area contributed by atoms with Gasteiger partial charge in [-0.2, -0.15) is 0 Å². The lowest BCUT2D eigenvalue weighted by Crippen LogP contribution is -2.48. The van der Waals surface area contributed by atoms with Crippen LogP contribution in [0.2, 0.25) is 0 Å². The molecule has 146 valence electrons. The summed E-state index contributed by atoms with van der Waals surface area (Å²) in [6, 6.07) is 4.29. The number of benzene rings is 1. The van der Waals surface area contributed by atoms with E-state index >= 15 is 0 Å². The molecule has 1 atom stereocenters. The van der Waals surface area contributed by atoms with Gasteiger partial charge in [0.2, 0.25) is 5.91 Å². The molecule has 1 aliphatic carbocycles. The van der Waals surface area contributed by atoms with Crippen LogP contribution in [0.25, 0.3) is 11.3 Å². The molecular formula is C19H19FN4O3S. The van der Waals surface area contributed by atoms with Crippen molar-refractivity contribution in [2.24, 2.45) is 0 Å². The third-order valence-corrected chi connectivity index (χ3v) is 6.08. The summed E-state index contributed by atoms with van der Waals surface area (Å²) in [4.78, 5) is 43.2. The standard InChI is InChI=1S/C19H19FN4O3S/c1-11(24-17(26)19(23-18(24)27)8-2-3-9-19)15(25)22-16-14(21-10-28-16)12-4-6-13(20)7-5-12/h4-7,10-11H,2-3,8-9H2,1H3,(H,22,25)(H,23,27). The van der Waals surface area contributed by atoms with Crippen LogP contribution in [0.15, 0.2) is 29.8 Å². The third kappa shape index (κ3) is 3.05. The second-order valence-corrected chi connectivity index (χ2v) is 7.95. The molecule has 1 aliphatic heterocycles. The van der Waals surface area contributed by atoms with E-state index in [0.29, 0.717) is 29.1 Å². The quantitative estimate of drug-likeness (QED) is 0.769. The molecule has 4 amide bonds. The van der Waals surface area contributed by atoms with Crippen molar-refractivity contribution in [2.45, 2.75) is 44.2 Å². The van der Waals surface area contributed by atoms with Gasteiger partial charge in [0.05, 0.1) is 5.51 Å². The molecule has 1 aromatic heterocycles. The molecule has 7 nitrogen and oxygen atoms in total. The van der Waals surface area contributed by atoms with Crippen molar-refractivity contribution < 1.29 is 18.8 Å². The predicted molar refractivity (Wildman–Crippen MR) is 102 cm³/mol. The lowest BCUT2D eigenvalue weighted by Gasteiger charge is -2.23. The Bertz CT molecular complexity index is 937. The normalized spacial score (nSPS) is 19.1.